The van der Waals surface area contributed by atoms with Crippen LogP contribution < -0.4 is 9.47 Å². The number of ether oxygens (including phenoxy) is 3. The summed E-state index contributed by atoms with van der Waals surface area (Å²) in [6, 6.07) is 24.3. The van der Waals surface area contributed by atoms with E-state index in [1.165, 1.54) is 0 Å². The van der Waals surface area contributed by atoms with Crippen LogP contribution in [0.1, 0.15) is 18.1 Å². The summed E-state index contributed by atoms with van der Waals surface area (Å²) in [6.45, 7) is 4.80. The first kappa shape index (κ1) is 22.6. The second-order valence-corrected chi connectivity index (χ2v) is 7.74. The molecule has 1 fully saturated rings. The molecule has 0 saturated carbocycles. The lowest BCUT2D eigenvalue weighted by molar-refractivity contribution is -0.129. The van der Waals surface area contributed by atoms with Gasteiger partial charge in [-0.05, 0) is 46.9 Å². The van der Waals surface area contributed by atoms with Gasteiger partial charge in [0, 0.05) is 19.2 Å². The second-order valence-electron chi connectivity index (χ2n) is 7.74. The summed E-state index contributed by atoms with van der Waals surface area (Å²) >= 11 is 0. The Hall–Kier alpha value is -3.57. The average Bonchev–Trinajstić information content (AvgIpc) is 2.88. The Labute approximate surface area is 195 Å². The zero-order chi connectivity index (χ0) is 23.0. The van der Waals surface area contributed by atoms with Crippen LogP contribution >= 0.6 is 0 Å². The van der Waals surface area contributed by atoms with Gasteiger partial charge in [0.25, 0.3) is 0 Å². The molecular weight excluding hydrogens is 414 g/mol. The monoisotopic (exact) mass is 443 g/mol. The van der Waals surface area contributed by atoms with Crippen LogP contribution in [0.2, 0.25) is 0 Å². The third-order valence-corrected chi connectivity index (χ3v) is 5.67. The number of carbonyl (C=O) groups excluding carboxylic acids is 1. The molecule has 3 aromatic rings. The Morgan fingerprint density at radius 2 is 1.58 bits per heavy atom. The molecule has 0 aromatic heterocycles. The van der Waals surface area contributed by atoms with Crippen LogP contribution in [0.4, 0.5) is 0 Å². The summed E-state index contributed by atoms with van der Waals surface area (Å²) in [6.07, 6.45) is 1.72. The summed E-state index contributed by atoms with van der Waals surface area (Å²) < 4.78 is 16.6. The Kier molecular flexibility index (Phi) is 7.43. The molecular formula is C28H29NO4. The molecule has 0 radical (unpaired) electrons. The van der Waals surface area contributed by atoms with Crippen molar-refractivity contribution >= 4 is 11.5 Å². The number of rotatable bonds is 7. The molecule has 4 rings (SSSR count). The Balaban J connectivity index is 1.74. The van der Waals surface area contributed by atoms with Crippen LogP contribution in [0, 0.1) is 0 Å². The van der Waals surface area contributed by atoms with Gasteiger partial charge >= 0.3 is 0 Å². The first-order valence-corrected chi connectivity index (χ1v) is 11.2. The molecule has 0 aliphatic carbocycles. The molecule has 0 N–H and O–H groups in total. The first-order valence-electron chi connectivity index (χ1n) is 11.2. The predicted molar refractivity (Wildman–Crippen MR) is 131 cm³/mol. The van der Waals surface area contributed by atoms with Crippen LogP contribution in [0.25, 0.3) is 16.7 Å². The molecule has 0 atom stereocenters. The van der Waals surface area contributed by atoms with Gasteiger partial charge in [-0.1, -0.05) is 60.7 Å². The summed E-state index contributed by atoms with van der Waals surface area (Å²) in [4.78, 5) is 14.9. The van der Waals surface area contributed by atoms with Crippen molar-refractivity contribution in [3.63, 3.8) is 0 Å². The highest BCUT2D eigenvalue weighted by atomic mass is 16.5. The molecule has 1 aliphatic rings. The van der Waals surface area contributed by atoms with E-state index in [2.05, 4.69) is 36.4 Å². The smallest absolute Gasteiger partial charge is 0.247 e. The number of morpholine rings is 1. The van der Waals surface area contributed by atoms with Crippen molar-refractivity contribution in [3.8, 4) is 22.6 Å². The van der Waals surface area contributed by atoms with Gasteiger partial charge in [0.05, 0.1) is 26.9 Å². The minimum absolute atomic E-state index is 0.0192. The van der Waals surface area contributed by atoms with E-state index >= 15 is 0 Å². The van der Waals surface area contributed by atoms with Gasteiger partial charge in [-0.15, -0.1) is 0 Å². The number of benzene rings is 3. The lowest BCUT2D eigenvalue weighted by Gasteiger charge is -2.26. The predicted octanol–water partition coefficient (Wildman–Crippen LogP) is 5.05. The standard InChI is InChI=1S/C28H29NO4/c1-3-33-27-19-24(13-14-26(27)31-2)25(20-28(30)29-15-17-32-18-16-29)23-11-9-22(10-12-23)21-7-5-4-6-8-21/h4-14,19-20H,3,15-18H2,1-2H3. The normalized spacial score (nSPS) is 14.1. The molecule has 5 nitrogen and oxygen atoms in total. The number of hydrogen-bond donors (Lipinski definition) is 0. The van der Waals surface area contributed by atoms with E-state index in [1.807, 2.05) is 48.2 Å². The molecule has 3 aromatic carbocycles. The number of amides is 1. The third kappa shape index (κ3) is 5.44. The molecule has 0 unspecified atom stereocenters. The molecule has 170 valence electrons. The minimum Gasteiger partial charge on any atom is -0.493 e. The minimum atomic E-state index is -0.0192. The summed E-state index contributed by atoms with van der Waals surface area (Å²) in [5, 5.41) is 0. The van der Waals surface area contributed by atoms with Crippen molar-refractivity contribution in [2.45, 2.75) is 6.92 Å². The molecule has 1 heterocycles. The van der Waals surface area contributed by atoms with Crippen LogP contribution in [0.15, 0.2) is 78.9 Å². The fraction of sp³-hybridized carbons (Fsp3) is 0.250. The maximum atomic E-state index is 13.1. The third-order valence-electron chi connectivity index (χ3n) is 5.67. The summed E-state index contributed by atoms with van der Waals surface area (Å²) in [7, 11) is 1.62. The van der Waals surface area contributed by atoms with Gasteiger partial charge in [-0.25, -0.2) is 0 Å². The van der Waals surface area contributed by atoms with Gasteiger partial charge in [-0.3, -0.25) is 4.79 Å². The van der Waals surface area contributed by atoms with Crippen LogP contribution in [-0.2, 0) is 9.53 Å². The van der Waals surface area contributed by atoms with Crippen molar-refractivity contribution in [2.24, 2.45) is 0 Å². The maximum Gasteiger partial charge on any atom is 0.247 e. The Morgan fingerprint density at radius 3 is 2.24 bits per heavy atom. The van der Waals surface area contributed by atoms with Crippen molar-refractivity contribution in [1.82, 2.24) is 4.90 Å². The van der Waals surface area contributed by atoms with E-state index in [-0.39, 0.29) is 5.91 Å². The molecule has 1 amide bonds. The van der Waals surface area contributed by atoms with Gasteiger partial charge in [0.2, 0.25) is 5.91 Å². The van der Waals surface area contributed by atoms with Gasteiger partial charge in [0.15, 0.2) is 11.5 Å². The van der Waals surface area contributed by atoms with Crippen molar-refractivity contribution in [3.05, 3.63) is 90.0 Å². The topological polar surface area (TPSA) is 48.0 Å². The number of nitrogens with zero attached hydrogens (tertiary/aromatic N) is 1. The van der Waals surface area contributed by atoms with Gasteiger partial charge in [0.1, 0.15) is 0 Å². The van der Waals surface area contributed by atoms with Crippen molar-refractivity contribution in [2.75, 3.05) is 40.0 Å². The summed E-state index contributed by atoms with van der Waals surface area (Å²) in [5.41, 5.74) is 4.98. The SMILES string of the molecule is CCOc1cc(C(=CC(=O)N2CCOCC2)c2ccc(-c3ccccc3)cc2)ccc1OC. The molecule has 0 spiro atoms. The molecule has 1 aliphatic heterocycles. The molecule has 1 saturated heterocycles. The van der Waals surface area contributed by atoms with Crippen LogP contribution in [-0.4, -0.2) is 50.8 Å². The molecule has 5 heteroatoms. The lowest BCUT2D eigenvalue weighted by atomic mass is 9.94. The highest BCUT2D eigenvalue weighted by Gasteiger charge is 2.18. The van der Waals surface area contributed by atoms with E-state index in [0.29, 0.717) is 44.4 Å². The van der Waals surface area contributed by atoms with Crippen LogP contribution in [0.5, 0.6) is 11.5 Å². The number of carbonyl (C=O) groups is 1. The van der Waals surface area contributed by atoms with E-state index < -0.39 is 0 Å². The van der Waals surface area contributed by atoms with E-state index in [0.717, 1.165) is 27.8 Å². The zero-order valence-corrected chi connectivity index (χ0v) is 19.1. The number of hydrogen-bond acceptors (Lipinski definition) is 4. The average molecular weight is 444 g/mol. The highest BCUT2D eigenvalue weighted by Crippen LogP contribution is 2.34. The second kappa shape index (κ2) is 10.8. The highest BCUT2D eigenvalue weighted by molar-refractivity contribution is 5.99. The zero-order valence-electron chi connectivity index (χ0n) is 19.1. The quantitative estimate of drug-likeness (QED) is 0.480. The first-order chi connectivity index (χ1) is 16.2. The molecule has 33 heavy (non-hydrogen) atoms. The molecule has 0 bridgehead atoms. The Morgan fingerprint density at radius 1 is 0.909 bits per heavy atom. The maximum absolute atomic E-state index is 13.1. The van der Waals surface area contributed by atoms with E-state index in [9.17, 15) is 4.79 Å². The van der Waals surface area contributed by atoms with Crippen molar-refractivity contribution < 1.29 is 19.0 Å². The van der Waals surface area contributed by atoms with E-state index in [1.54, 1.807) is 13.2 Å². The largest absolute Gasteiger partial charge is 0.493 e. The van der Waals surface area contributed by atoms with Gasteiger partial charge < -0.3 is 19.1 Å². The van der Waals surface area contributed by atoms with E-state index in [4.69, 9.17) is 14.2 Å². The fourth-order valence-electron chi connectivity index (χ4n) is 3.92. The van der Waals surface area contributed by atoms with Crippen molar-refractivity contribution in [1.29, 1.82) is 0 Å². The number of methoxy groups -OCH3 is 1. The van der Waals surface area contributed by atoms with Gasteiger partial charge in [-0.2, -0.15) is 0 Å². The lowest BCUT2D eigenvalue weighted by Crippen LogP contribution is -2.39. The summed E-state index contributed by atoms with van der Waals surface area (Å²) in [5.74, 6) is 1.30. The van der Waals surface area contributed by atoms with Crippen LogP contribution in [0.3, 0.4) is 0 Å². The Bertz CT molecular complexity index is 1100. The fourth-order valence-corrected chi connectivity index (χ4v) is 3.92.